The van der Waals surface area contributed by atoms with E-state index in [1.54, 1.807) is 12.1 Å². The van der Waals surface area contributed by atoms with Gasteiger partial charge in [0.25, 0.3) is 5.91 Å². The molecule has 1 heterocycles. The Morgan fingerprint density at radius 1 is 1.24 bits per heavy atom. The second-order valence-corrected chi connectivity index (χ2v) is 4.45. The van der Waals surface area contributed by atoms with Crippen LogP contribution in [0.1, 0.15) is 10.4 Å². The van der Waals surface area contributed by atoms with Gasteiger partial charge < -0.3 is 10.1 Å². The number of ether oxygens (including phenoxy) is 1. The summed E-state index contributed by atoms with van der Waals surface area (Å²) in [6.45, 7) is 0.188. The normalized spacial score (nSPS) is 10.2. The molecule has 0 atom stereocenters. The lowest BCUT2D eigenvalue weighted by molar-refractivity contribution is 0.0938. The fourth-order valence-corrected chi connectivity index (χ4v) is 1.68. The summed E-state index contributed by atoms with van der Waals surface area (Å²) in [4.78, 5) is 15.6. The fraction of sp³-hybridized carbons (Fsp3) is 0.143. The van der Waals surface area contributed by atoms with E-state index in [0.29, 0.717) is 10.9 Å². The zero-order valence-electron chi connectivity index (χ0n) is 10.8. The molecule has 0 saturated heterocycles. The van der Waals surface area contributed by atoms with E-state index in [-0.39, 0.29) is 13.2 Å². The molecule has 21 heavy (non-hydrogen) atoms. The number of amides is 1. The maximum absolute atomic E-state index is 13.4. The molecular weight excluding hydrogens is 302 g/mol. The Labute approximate surface area is 124 Å². The lowest BCUT2D eigenvalue weighted by Gasteiger charge is -2.08. The first kappa shape index (κ1) is 15.2. The van der Waals surface area contributed by atoms with Crippen molar-refractivity contribution in [3.63, 3.8) is 0 Å². The van der Waals surface area contributed by atoms with Crippen LogP contribution < -0.4 is 10.1 Å². The summed E-state index contributed by atoms with van der Waals surface area (Å²) >= 11 is 5.67. The van der Waals surface area contributed by atoms with Crippen LogP contribution in [0.4, 0.5) is 8.78 Å². The van der Waals surface area contributed by atoms with Crippen molar-refractivity contribution >= 4 is 17.5 Å². The second kappa shape index (κ2) is 6.99. The Morgan fingerprint density at radius 3 is 2.57 bits per heavy atom. The van der Waals surface area contributed by atoms with Crippen LogP contribution in [0.15, 0.2) is 36.5 Å². The van der Waals surface area contributed by atoms with Gasteiger partial charge in [0.05, 0.1) is 11.6 Å². The van der Waals surface area contributed by atoms with Gasteiger partial charge in [-0.05, 0) is 18.2 Å². The average Bonchev–Trinajstić information content (AvgIpc) is 2.45. The van der Waals surface area contributed by atoms with Gasteiger partial charge in [-0.3, -0.25) is 4.79 Å². The van der Waals surface area contributed by atoms with Crippen molar-refractivity contribution in [2.75, 3.05) is 13.2 Å². The number of rotatable bonds is 5. The first-order valence-corrected chi connectivity index (χ1v) is 6.42. The summed E-state index contributed by atoms with van der Waals surface area (Å²) < 4.78 is 32.0. The van der Waals surface area contributed by atoms with Gasteiger partial charge >= 0.3 is 0 Å². The smallest absolute Gasteiger partial charge is 0.257 e. The lowest BCUT2D eigenvalue weighted by atomic mass is 10.2. The van der Waals surface area contributed by atoms with Gasteiger partial charge in [0, 0.05) is 12.3 Å². The number of hydrogen-bond acceptors (Lipinski definition) is 3. The van der Waals surface area contributed by atoms with E-state index >= 15 is 0 Å². The predicted octanol–water partition coefficient (Wildman–Crippen LogP) is 2.82. The number of benzene rings is 1. The quantitative estimate of drug-likeness (QED) is 0.864. The van der Waals surface area contributed by atoms with Gasteiger partial charge in [-0.25, -0.2) is 13.8 Å². The summed E-state index contributed by atoms with van der Waals surface area (Å²) in [5, 5.41) is 2.84. The topological polar surface area (TPSA) is 51.2 Å². The number of hydrogen-bond donors (Lipinski definition) is 1. The van der Waals surface area contributed by atoms with Gasteiger partial charge in [-0.15, -0.1) is 0 Å². The number of carbonyl (C=O) groups is 1. The van der Waals surface area contributed by atoms with Crippen molar-refractivity contribution in [2.45, 2.75) is 0 Å². The lowest BCUT2D eigenvalue weighted by Crippen LogP contribution is -2.29. The zero-order chi connectivity index (χ0) is 15.2. The number of nitrogens with one attached hydrogen (secondary N) is 1. The highest BCUT2D eigenvalue weighted by Gasteiger charge is 2.16. The number of carbonyl (C=O) groups excluding carboxylic acids is 1. The van der Waals surface area contributed by atoms with Crippen LogP contribution in [-0.2, 0) is 0 Å². The molecule has 0 aliphatic heterocycles. The molecule has 0 saturated carbocycles. The minimum absolute atomic E-state index is 0.0803. The Morgan fingerprint density at radius 2 is 1.95 bits per heavy atom. The third kappa shape index (κ3) is 4.13. The Kier molecular flexibility index (Phi) is 5.05. The number of aromatic nitrogens is 1. The van der Waals surface area contributed by atoms with Crippen molar-refractivity contribution in [1.82, 2.24) is 10.3 Å². The molecule has 0 bridgehead atoms. The van der Waals surface area contributed by atoms with Gasteiger partial charge in [0.15, 0.2) is 0 Å². The summed E-state index contributed by atoms with van der Waals surface area (Å²) in [5.74, 6) is -2.32. The van der Waals surface area contributed by atoms with E-state index in [1.807, 2.05) is 0 Å². The van der Waals surface area contributed by atoms with Crippen molar-refractivity contribution in [3.8, 4) is 5.88 Å². The number of pyridine rings is 1. The standard InChI is InChI=1S/C14H11ClF2N2O2/c15-9-4-5-12(19-8-9)21-7-6-18-14(20)13-10(16)2-1-3-11(13)17/h1-5,8H,6-7H2,(H,18,20). The first-order valence-electron chi connectivity index (χ1n) is 6.04. The van der Waals surface area contributed by atoms with Crippen LogP contribution in [0.3, 0.4) is 0 Å². The molecule has 1 aromatic carbocycles. The third-order valence-corrected chi connectivity index (χ3v) is 2.75. The van der Waals surface area contributed by atoms with Crippen molar-refractivity contribution in [1.29, 1.82) is 0 Å². The van der Waals surface area contributed by atoms with Crippen LogP contribution in [0.5, 0.6) is 5.88 Å². The van der Waals surface area contributed by atoms with Crippen LogP contribution in [0.25, 0.3) is 0 Å². The Hall–Kier alpha value is -2.21. The van der Waals surface area contributed by atoms with Crippen LogP contribution in [-0.4, -0.2) is 24.0 Å². The molecule has 7 heteroatoms. The fourth-order valence-electron chi connectivity index (χ4n) is 1.57. The van der Waals surface area contributed by atoms with E-state index in [4.69, 9.17) is 16.3 Å². The molecule has 1 amide bonds. The molecule has 0 unspecified atom stereocenters. The first-order chi connectivity index (χ1) is 10.1. The second-order valence-electron chi connectivity index (χ2n) is 4.02. The van der Waals surface area contributed by atoms with Gasteiger partial charge in [-0.1, -0.05) is 17.7 Å². The molecule has 0 radical (unpaired) electrons. The Balaban J connectivity index is 1.83. The molecule has 0 fully saturated rings. The summed E-state index contributed by atoms with van der Waals surface area (Å²) in [6, 6.07) is 6.41. The molecule has 110 valence electrons. The molecule has 0 aliphatic carbocycles. The van der Waals surface area contributed by atoms with Crippen molar-refractivity contribution in [3.05, 3.63) is 58.7 Å². The molecule has 2 rings (SSSR count). The van der Waals surface area contributed by atoms with Crippen molar-refractivity contribution in [2.24, 2.45) is 0 Å². The maximum Gasteiger partial charge on any atom is 0.257 e. The van der Waals surface area contributed by atoms with Crippen LogP contribution >= 0.6 is 11.6 Å². The van der Waals surface area contributed by atoms with Crippen LogP contribution in [0.2, 0.25) is 5.02 Å². The molecule has 0 aliphatic rings. The predicted molar refractivity (Wildman–Crippen MR) is 73.4 cm³/mol. The van der Waals surface area contributed by atoms with E-state index < -0.39 is 23.1 Å². The number of halogens is 3. The largest absolute Gasteiger partial charge is 0.476 e. The molecule has 0 spiro atoms. The van der Waals surface area contributed by atoms with E-state index in [9.17, 15) is 13.6 Å². The summed E-state index contributed by atoms with van der Waals surface area (Å²) in [6.07, 6.45) is 1.42. The van der Waals surface area contributed by atoms with E-state index in [1.165, 1.54) is 12.3 Å². The van der Waals surface area contributed by atoms with Gasteiger partial charge in [0.1, 0.15) is 23.8 Å². The van der Waals surface area contributed by atoms with E-state index in [0.717, 1.165) is 12.1 Å². The average molecular weight is 313 g/mol. The van der Waals surface area contributed by atoms with Gasteiger partial charge in [-0.2, -0.15) is 0 Å². The van der Waals surface area contributed by atoms with Gasteiger partial charge in [0.2, 0.25) is 5.88 Å². The SMILES string of the molecule is O=C(NCCOc1ccc(Cl)cn1)c1c(F)cccc1F. The molecule has 1 aromatic heterocycles. The highest BCUT2D eigenvalue weighted by Crippen LogP contribution is 2.12. The molecular formula is C14H11ClF2N2O2. The third-order valence-electron chi connectivity index (χ3n) is 2.53. The minimum atomic E-state index is -0.909. The molecule has 4 nitrogen and oxygen atoms in total. The molecule has 1 N–H and O–H groups in total. The molecule has 2 aromatic rings. The Bertz CT molecular complexity index is 615. The maximum atomic E-state index is 13.4. The minimum Gasteiger partial charge on any atom is -0.476 e. The van der Waals surface area contributed by atoms with Crippen LogP contribution in [0, 0.1) is 11.6 Å². The number of nitrogens with zero attached hydrogens (tertiary/aromatic N) is 1. The zero-order valence-corrected chi connectivity index (χ0v) is 11.5. The highest BCUT2D eigenvalue weighted by molar-refractivity contribution is 6.30. The van der Waals surface area contributed by atoms with E-state index in [2.05, 4.69) is 10.3 Å². The van der Waals surface area contributed by atoms with Crippen molar-refractivity contribution < 1.29 is 18.3 Å². The highest BCUT2D eigenvalue weighted by atomic mass is 35.5. The summed E-state index contributed by atoms with van der Waals surface area (Å²) in [7, 11) is 0. The monoisotopic (exact) mass is 312 g/mol. The summed E-state index contributed by atoms with van der Waals surface area (Å²) in [5.41, 5.74) is -0.609.